The fourth-order valence-corrected chi connectivity index (χ4v) is 1.82. The number of aryl methyl sites for hydroxylation is 1. The average molecular weight is 190 g/mol. The van der Waals surface area contributed by atoms with E-state index in [4.69, 9.17) is 0 Å². The Bertz CT molecular complexity index is 549. The van der Waals surface area contributed by atoms with Gasteiger partial charge in [0.25, 0.3) is 5.56 Å². The molecule has 0 amide bonds. The third-order valence-electron chi connectivity index (χ3n) is 2.65. The Morgan fingerprint density at radius 1 is 1.57 bits per heavy atom. The van der Waals surface area contributed by atoms with Crippen LogP contribution in [0, 0.1) is 0 Å². The van der Waals surface area contributed by atoms with Crippen molar-refractivity contribution in [3.8, 4) is 0 Å². The van der Waals surface area contributed by atoms with Crippen LogP contribution in [0.25, 0.3) is 10.9 Å². The molecule has 0 aliphatic heterocycles. The Hall–Kier alpha value is -1.65. The fraction of sp³-hybridized carbons (Fsp3) is 0.444. The van der Waals surface area contributed by atoms with Gasteiger partial charge in [0.15, 0.2) is 0 Å². The predicted octanol–water partition coefficient (Wildman–Crippen LogP) is 0.534. The highest BCUT2D eigenvalue weighted by Gasteiger charge is 2.29. The first kappa shape index (κ1) is 7.73. The Kier molecular flexibility index (Phi) is 1.34. The summed E-state index contributed by atoms with van der Waals surface area (Å²) in [7, 11) is 1.80. The second-order valence-corrected chi connectivity index (χ2v) is 3.74. The van der Waals surface area contributed by atoms with Crippen LogP contribution in [-0.4, -0.2) is 20.0 Å². The van der Waals surface area contributed by atoms with Crippen LogP contribution in [0.15, 0.2) is 11.0 Å². The summed E-state index contributed by atoms with van der Waals surface area (Å²) in [6, 6.07) is 0. The van der Waals surface area contributed by atoms with Gasteiger partial charge in [-0.25, -0.2) is 5.10 Å². The van der Waals surface area contributed by atoms with Crippen molar-refractivity contribution >= 4 is 10.9 Å². The second-order valence-electron chi connectivity index (χ2n) is 3.74. The van der Waals surface area contributed by atoms with Crippen molar-refractivity contribution in [1.29, 1.82) is 0 Å². The van der Waals surface area contributed by atoms with E-state index in [1.165, 1.54) is 12.8 Å². The predicted molar refractivity (Wildman–Crippen MR) is 51.1 cm³/mol. The van der Waals surface area contributed by atoms with Crippen molar-refractivity contribution in [2.45, 2.75) is 18.8 Å². The molecular formula is C9H10N4O. The monoisotopic (exact) mass is 190 g/mol. The molecule has 0 spiro atoms. The standard InChI is InChI=1S/C9H10N4O/c1-13-8-6(4-10-11-9(8)14)7(12-13)5-2-3-5/h4-5H,2-3H2,1H3,(H,11,14). The van der Waals surface area contributed by atoms with Gasteiger partial charge < -0.3 is 0 Å². The summed E-state index contributed by atoms with van der Waals surface area (Å²) in [5.74, 6) is 0.544. The molecule has 2 aromatic heterocycles. The molecule has 2 heterocycles. The molecule has 1 aliphatic rings. The highest BCUT2D eigenvalue weighted by molar-refractivity contribution is 5.80. The molecule has 1 fully saturated rings. The summed E-state index contributed by atoms with van der Waals surface area (Å²) in [5, 5.41) is 11.5. The zero-order valence-corrected chi connectivity index (χ0v) is 7.82. The summed E-state index contributed by atoms with van der Waals surface area (Å²) in [5.41, 5.74) is 1.49. The van der Waals surface area contributed by atoms with Gasteiger partial charge in [0, 0.05) is 18.4 Å². The van der Waals surface area contributed by atoms with E-state index in [2.05, 4.69) is 15.3 Å². The summed E-state index contributed by atoms with van der Waals surface area (Å²) in [6.07, 6.45) is 4.05. The molecule has 0 saturated heterocycles. The minimum atomic E-state index is -0.163. The van der Waals surface area contributed by atoms with Crippen LogP contribution in [0.5, 0.6) is 0 Å². The van der Waals surface area contributed by atoms with E-state index >= 15 is 0 Å². The zero-order chi connectivity index (χ0) is 9.71. The maximum atomic E-state index is 11.5. The normalized spacial score (nSPS) is 16.4. The molecule has 0 bridgehead atoms. The lowest BCUT2D eigenvalue weighted by Gasteiger charge is -1.90. The molecule has 0 aromatic carbocycles. The van der Waals surface area contributed by atoms with E-state index in [0.717, 1.165) is 11.1 Å². The number of hydrogen-bond acceptors (Lipinski definition) is 3. The SMILES string of the molecule is Cn1nc(C2CC2)c2cn[nH]c(=O)c21. The number of aromatic nitrogens is 4. The summed E-state index contributed by atoms with van der Waals surface area (Å²) in [4.78, 5) is 11.5. The molecular weight excluding hydrogens is 180 g/mol. The smallest absolute Gasteiger partial charge is 0.266 e. The number of rotatable bonds is 1. The van der Waals surface area contributed by atoms with Gasteiger partial charge in [-0.3, -0.25) is 9.48 Å². The quantitative estimate of drug-likeness (QED) is 0.713. The zero-order valence-electron chi connectivity index (χ0n) is 7.82. The molecule has 0 unspecified atom stereocenters. The number of nitrogens with one attached hydrogen (secondary N) is 1. The van der Waals surface area contributed by atoms with Gasteiger partial charge in [-0.15, -0.1) is 0 Å². The maximum Gasteiger partial charge on any atom is 0.290 e. The maximum absolute atomic E-state index is 11.5. The van der Waals surface area contributed by atoms with Crippen LogP contribution >= 0.6 is 0 Å². The van der Waals surface area contributed by atoms with Gasteiger partial charge in [-0.05, 0) is 12.8 Å². The number of hydrogen-bond donors (Lipinski definition) is 1. The largest absolute Gasteiger partial charge is 0.290 e. The Labute approximate surface area is 79.7 Å². The topological polar surface area (TPSA) is 63.6 Å². The van der Waals surface area contributed by atoms with Crippen LogP contribution in [0.1, 0.15) is 24.5 Å². The van der Waals surface area contributed by atoms with Crippen molar-refractivity contribution in [1.82, 2.24) is 20.0 Å². The molecule has 5 heteroatoms. The minimum absolute atomic E-state index is 0.163. The van der Waals surface area contributed by atoms with Crippen LogP contribution in [0.2, 0.25) is 0 Å². The van der Waals surface area contributed by atoms with Gasteiger partial charge in [0.1, 0.15) is 5.52 Å². The first-order valence-corrected chi connectivity index (χ1v) is 4.67. The Morgan fingerprint density at radius 3 is 3.07 bits per heavy atom. The molecule has 5 nitrogen and oxygen atoms in total. The lowest BCUT2D eigenvalue weighted by atomic mass is 10.2. The second kappa shape index (κ2) is 2.43. The molecule has 0 atom stereocenters. The fourth-order valence-electron chi connectivity index (χ4n) is 1.82. The molecule has 1 aliphatic carbocycles. The highest BCUT2D eigenvalue weighted by atomic mass is 16.1. The highest BCUT2D eigenvalue weighted by Crippen LogP contribution is 2.41. The molecule has 14 heavy (non-hydrogen) atoms. The van der Waals surface area contributed by atoms with E-state index in [-0.39, 0.29) is 5.56 Å². The summed E-state index contributed by atoms with van der Waals surface area (Å²) >= 11 is 0. The molecule has 72 valence electrons. The van der Waals surface area contributed by atoms with Crippen LogP contribution in [0.4, 0.5) is 0 Å². The minimum Gasteiger partial charge on any atom is -0.266 e. The van der Waals surface area contributed by atoms with E-state index < -0.39 is 0 Å². The summed E-state index contributed by atoms with van der Waals surface area (Å²) < 4.78 is 1.64. The summed E-state index contributed by atoms with van der Waals surface area (Å²) in [6.45, 7) is 0. The first-order chi connectivity index (χ1) is 6.77. The number of H-pyrrole nitrogens is 1. The van der Waals surface area contributed by atoms with Gasteiger partial charge in [-0.1, -0.05) is 0 Å². The van der Waals surface area contributed by atoms with Gasteiger partial charge in [0.05, 0.1) is 11.9 Å². The molecule has 1 saturated carbocycles. The van der Waals surface area contributed by atoms with Crippen molar-refractivity contribution in [3.05, 3.63) is 22.2 Å². The lowest BCUT2D eigenvalue weighted by Crippen LogP contribution is -2.10. The van der Waals surface area contributed by atoms with Crippen LogP contribution in [-0.2, 0) is 7.05 Å². The van der Waals surface area contributed by atoms with E-state index in [1.54, 1.807) is 17.9 Å². The molecule has 2 aromatic rings. The number of nitrogens with zero attached hydrogens (tertiary/aromatic N) is 3. The van der Waals surface area contributed by atoms with Crippen LogP contribution < -0.4 is 5.56 Å². The van der Waals surface area contributed by atoms with E-state index in [9.17, 15) is 4.79 Å². The van der Waals surface area contributed by atoms with Crippen LogP contribution in [0.3, 0.4) is 0 Å². The van der Waals surface area contributed by atoms with Gasteiger partial charge in [0.2, 0.25) is 0 Å². The lowest BCUT2D eigenvalue weighted by molar-refractivity contribution is 0.763. The third-order valence-corrected chi connectivity index (χ3v) is 2.65. The Morgan fingerprint density at radius 2 is 2.36 bits per heavy atom. The van der Waals surface area contributed by atoms with Crippen molar-refractivity contribution < 1.29 is 0 Å². The van der Waals surface area contributed by atoms with Gasteiger partial charge >= 0.3 is 0 Å². The molecule has 1 N–H and O–H groups in total. The first-order valence-electron chi connectivity index (χ1n) is 4.67. The van der Waals surface area contributed by atoms with E-state index in [0.29, 0.717) is 11.4 Å². The number of fused-ring (bicyclic) bond motifs is 1. The van der Waals surface area contributed by atoms with Crippen molar-refractivity contribution in [2.24, 2.45) is 7.05 Å². The third kappa shape index (κ3) is 0.921. The van der Waals surface area contributed by atoms with Crippen molar-refractivity contribution in [3.63, 3.8) is 0 Å². The molecule has 0 radical (unpaired) electrons. The van der Waals surface area contributed by atoms with E-state index in [1.807, 2.05) is 0 Å². The van der Waals surface area contributed by atoms with Gasteiger partial charge in [-0.2, -0.15) is 10.2 Å². The van der Waals surface area contributed by atoms with Crippen molar-refractivity contribution in [2.75, 3.05) is 0 Å². The number of aromatic amines is 1. The average Bonchev–Trinajstić information content (AvgIpc) is 2.93. The Balaban J connectivity index is 2.43. The molecule has 3 rings (SSSR count).